The summed E-state index contributed by atoms with van der Waals surface area (Å²) in [6.07, 6.45) is 4.81. The van der Waals surface area contributed by atoms with Crippen molar-refractivity contribution in [2.75, 3.05) is 39.6 Å². The highest BCUT2D eigenvalue weighted by Gasteiger charge is 2.24. The van der Waals surface area contributed by atoms with Crippen LogP contribution in [-0.4, -0.2) is 68.5 Å². The van der Waals surface area contributed by atoms with Crippen molar-refractivity contribution in [2.24, 2.45) is 5.92 Å². The van der Waals surface area contributed by atoms with Crippen LogP contribution in [0.5, 0.6) is 0 Å². The lowest BCUT2D eigenvalue weighted by molar-refractivity contribution is -0.145. The number of nitrogens with one attached hydrogen (secondary N) is 2. The quantitative estimate of drug-likeness (QED) is 0.256. The minimum Gasteiger partial charge on any atom is -0.463 e. The number of cyclic esters (lactones) is 1. The molecule has 1 heterocycles. The van der Waals surface area contributed by atoms with E-state index in [9.17, 15) is 14.4 Å². The van der Waals surface area contributed by atoms with E-state index in [1.165, 1.54) is 0 Å². The Morgan fingerprint density at radius 1 is 1.15 bits per heavy atom. The van der Waals surface area contributed by atoms with Gasteiger partial charge in [-0.1, -0.05) is 42.5 Å². The Kier molecular flexibility index (Phi) is 12.8. The van der Waals surface area contributed by atoms with Gasteiger partial charge in [-0.2, -0.15) is 0 Å². The highest BCUT2D eigenvalue weighted by atomic mass is 16.5. The van der Waals surface area contributed by atoms with Gasteiger partial charge in [-0.3, -0.25) is 14.4 Å². The summed E-state index contributed by atoms with van der Waals surface area (Å²) in [4.78, 5) is 37.1. The van der Waals surface area contributed by atoms with Crippen LogP contribution in [0.25, 0.3) is 0 Å². The van der Waals surface area contributed by atoms with Gasteiger partial charge in [-0.05, 0) is 18.4 Å². The number of amides is 2. The number of hydrogen-bond acceptors (Lipinski definition) is 7. The summed E-state index contributed by atoms with van der Waals surface area (Å²) in [5.74, 6) is -1.45. The molecule has 1 aliphatic heterocycles. The van der Waals surface area contributed by atoms with Crippen LogP contribution < -0.4 is 10.6 Å². The molecule has 0 saturated carbocycles. The maximum atomic E-state index is 12.9. The Bertz CT molecular complexity index is 754. The number of aliphatic hydroxyl groups is 1. The number of benzene rings is 1. The van der Waals surface area contributed by atoms with Crippen molar-refractivity contribution in [3.63, 3.8) is 0 Å². The first kappa shape index (κ1) is 26.5. The van der Waals surface area contributed by atoms with Crippen molar-refractivity contribution in [3.05, 3.63) is 48.0 Å². The van der Waals surface area contributed by atoms with E-state index in [0.717, 1.165) is 5.56 Å². The SMILES string of the molecule is O=C(CC1CC=CCCC(=O)OCC(COCc2ccccc2)NC1=O)NCCOCCO. The third-order valence-electron chi connectivity index (χ3n) is 4.93. The number of carbonyl (C=O) groups excluding carboxylic acids is 3. The number of hydrogen-bond donors (Lipinski definition) is 3. The number of carbonyl (C=O) groups is 3. The molecule has 1 aliphatic rings. The van der Waals surface area contributed by atoms with Crippen LogP contribution in [0.4, 0.5) is 0 Å². The molecule has 2 amide bonds. The van der Waals surface area contributed by atoms with Crippen molar-refractivity contribution in [2.45, 2.75) is 38.3 Å². The molecule has 9 nitrogen and oxygen atoms in total. The Balaban J connectivity index is 1.92. The van der Waals surface area contributed by atoms with Gasteiger partial charge in [0.25, 0.3) is 0 Å². The lowest BCUT2D eigenvalue weighted by atomic mass is 9.98. The maximum absolute atomic E-state index is 12.9. The zero-order chi connectivity index (χ0) is 23.7. The van der Waals surface area contributed by atoms with Gasteiger partial charge in [0.15, 0.2) is 0 Å². The van der Waals surface area contributed by atoms with Gasteiger partial charge in [0, 0.05) is 19.4 Å². The van der Waals surface area contributed by atoms with Crippen molar-refractivity contribution in [1.29, 1.82) is 0 Å². The van der Waals surface area contributed by atoms with E-state index in [1.807, 2.05) is 42.5 Å². The Morgan fingerprint density at radius 3 is 2.76 bits per heavy atom. The van der Waals surface area contributed by atoms with E-state index in [0.29, 0.717) is 26.0 Å². The topological polar surface area (TPSA) is 123 Å². The molecule has 1 aromatic carbocycles. The second-order valence-corrected chi connectivity index (χ2v) is 7.72. The highest BCUT2D eigenvalue weighted by molar-refractivity contribution is 5.86. The van der Waals surface area contributed by atoms with Gasteiger partial charge in [-0.15, -0.1) is 0 Å². The second kappa shape index (κ2) is 16.0. The van der Waals surface area contributed by atoms with Crippen molar-refractivity contribution in [3.8, 4) is 0 Å². The van der Waals surface area contributed by atoms with Crippen LogP contribution in [0.3, 0.4) is 0 Å². The molecule has 2 rings (SSSR count). The van der Waals surface area contributed by atoms with Crippen molar-refractivity contribution < 1.29 is 33.7 Å². The Hall–Kier alpha value is -2.75. The zero-order valence-corrected chi connectivity index (χ0v) is 18.9. The van der Waals surface area contributed by atoms with Crippen molar-refractivity contribution in [1.82, 2.24) is 10.6 Å². The molecule has 182 valence electrons. The zero-order valence-electron chi connectivity index (χ0n) is 18.9. The van der Waals surface area contributed by atoms with Crippen LogP contribution >= 0.6 is 0 Å². The smallest absolute Gasteiger partial charge is 0.306 e. The molecule has 0 saturated heterocycles. The number of esters is 1. The third-order valence-corrected chi connectivity index (χ3v) is 4.93. The molecule has 0 aromatic heterocycles. The standard InChI is InChI=1S/C24H34N2O7/c27-12-14-31-13-11-25-22(28)15-20-9-5-2-6-10-23(29)33-18-21(26-24(20)30)17-32-16-19-7-3-1-4-8-19/h1-5,7-8,20-21,27H,6,9-18H2,(H,25,28)(H,26,30). The fourth-order valence-electron chi connectivity index (χ4n) is 3.20. The second-order valence-electron chi connectivity index (χ2n) is 7.72. The van der Waals surface area contributed by atoms with Crippen LogP contribution in [0.1, 0.15) is 31.2 Å². The summed E-state index contributed by atoms with van der Waals surface area (Å²) >= 11 is 0. The highest BCUT2D eigenvalue weighted by Crippen LogP contribution is 2.13. The van der Waals surface area contributed by atoms with E-state index in [-0.39, 0.29) is 63.7 Å². The van der Waals surface area contributed by atoms with Gasteiger partial charge in [0.2, 0.25) is 11.8 Å². The molecule has 2 unspecified atom stereocenters. The van der Waals surface area contributed by atoms with Gasteiger partial charge in [0.05, 0.1) is 45.0 Å². The van der Waals surface area contributed by atoms with Crippen LogP contribution in [0.2, 0.25) is 0 Å². The molecular formula is C24H34N2O7. The first-order chi connectivity index (χ1) is 16.1. The fourth-order valence-corrected chi connectivity index (χ4v) is 3.20. The van der Waals surface area contributed by atoms with Crippen LogP contribution in [0.15, 0.2) is 42.5 Å². The first-order valence-corrected chi connectivity index (χ1v) is 11.3. The Morgan fingerprint density at radius 2 is 1.97 bits per heavy atom. The molecular weight excluding hydrogens is 428 g/mol. The normalized spacial score (nSPS) is 19.7. The largest absolute Gasteiger partial charge is 0.463 e. The summed E-state index contributed by atoms with van der Waals surface area (Å²) in [6, 6.07) is 9.11. The summed E-state index contributed by atoms with van der Waals surface area (Å²) in [7, 11) is 0. The fraction of sp³-hybridized carbons (Fsp3) is 0.542. The predicted octanol–water partition coefficient (Wildman–Crippen LogP) is 1.10. The minimum absolute atomic E-state index is 0.00416. The number of ether oxygens (including phenoxy) is 3. The summed E-state index contributed by atoms with van der Waals surface area (Å²) in [5, 5.41) is 14.3. The summed E-state index contributed by atoms with van der Waals surface area (Å²) < 4.78 is 16.2. The number of allylic oxidation sites excluding steroid dienone is 2. The summed E-state index contributed by atoms with van der Waals surface area (Å²) in [6.45, 7) is 1.27. The molecule has 0 spiro atoms. The van der Waals surface area contributed by atoms with E-state index in [2.05, 4.69) is 10.6 Å². The molecule has 3 N–H and O–H groups in total. The number of aliphatic hydroxyl groups excluding tert-OH is 1. The molecule has 0 fully saturated rings. The lowest BCUT2D eigenvalue weighted by Crippen LogP contribution is -2.45. The van der Waals surface area contributed by atoms with Gasteiger partial charge >= 0.3 is 5.97 Å². The minimum atomic E-state index is -0.564. The third kappa shape index (κ3) is 11.6. The first-order valence-electron chi connectivity index (χ1n) is 11.3. The van der Waals surface area contributed by atoms with E-state index in [4.69, 9.17) is 19.3 Å². The molecule has 0 radical (unpaired) electrons. The summed E-state index contributed by atoms with van der Waals surface area (Å²) in [5.41, 5.74) is 0.997. The van der Waals surface area contributed by atoms with E-state index < -0.39 is 12.0 Å². The molecule has 1 aromatic rings. The Labute approximate surface area is 194 Å². The molecule has 2 atom stereocenters. The predicted molar refractivity (Wildman–Crippen MR) is 121 cm³/mol. The molecule has 33 heavy (non-hydrogen) atoms. The van der Waals surface area contributed by atoms with Crippen LogP contribution in [-0.2, 0) is 35.2 Å². The number of rotatable bonds is 11. The molecule has 9 heteroatoms. The van der Waals surface area contributed by atoms with E-state index in [1.54, 1.807) is 0 Å². The van der Waals surface area contributed by atoms with Crippen LogP contribution in [0, 0.1) is 5.92 Å². The van der Waals surface area contributed by atoms with Gasteiger partial charge < -0.3 is 30.0 Å². The average molecular weight is 463 g/mol. The monoisotopic (exact) mass is 462 g/mol. The average Bonchev–Trinajstić information content (AvgIpc) is 2.81. The van der Waals surface area contributed by atoms with Gasteiger partial charge in [0.1, 0.15) is 6.61 Å². The van der Waals surface area contributed by atoms with Crippen molar-refractivity contribution >= 4 is 17.8 Å². The van der Waals surface area contributed by atoms with Gasteiger partial charge in [-0.25, -0.2) is 0 Å². The van der Waals surface area contributed by atoms with E-state index >= 15 is 0 Å². The maximum Gasteiger partial charge on any atom is 0.306 e. The molecule has 0 aliphatic carbocycles. The lowest BCUT2D eigenvalue weighted by Gasteiger charge is -2.23. The molecule has 0 bridgehead atoms.